The molecule has 1 fully saturated rings. The number of nitrogens with zero attached hydrogens (tertiary/aromatic N) is 1. The second kappa shape index (κ2) is 4.87. The van der Waals surface area contributed by atoms with E-state index in [4.69, 9.17) is 4.74 Å². The molecule has 1 aliphatic rings. The van der Waals surface area contributed by atoms with Crippen LogP contribution in [-0.4, -0.2) is 24.7 Å². The van der Waals surface area contributed by atoms with E-state index in [-0.39, 0.29) is 0 Å². The topological polar surface area (TPSA) is 34.1 Å². The minimum atomic E-state index is 0.468. The van der Waals surface area contributed by atoms with Crippen LogP contribution in [0.2, 0.25) is 0 Å². The molecule has 78 valence electrons. The van der Waals surface area contributed by atoms with Crippen LogP contribution < -0.4 is 5.32 Å². The maximum atomic E-state index is 5.72. The van der Waals surface area contributed by atoms with E-state index in [2.05, 4.69) is 10.3 Å². The van der Waals surface area contributed by atoms with Gasteiger partial charge in [0.15, 0.2) is 0 Å². The summed E-state index contributed by atoms with van der Waals surface area (Å²) in [5.41, 5.74) is 2.91. The van der Waals surface area contributed by atoms with Crippen LogP contribution in [-0.2, 0) is 11.3 Å². The fourth-order valence-corrected chi connectivity index (χ4v) is 2.32. The molecule has 0 aliphatic heterocycles. The van der Waals surface area contributed by atoms with Gasteiger partial charge >= 0.3 is 0 Å². The Labute approximate surface area is 88.5 Å². The van der Waals surface area contributed by atoms with Crippen LogP contribution in [0.4, 0.5) is 0 Å². The average molecular weight is 212 g/mol. The maximum Gasteiger partial charge on any atom is 0.0900 e. The molecule has 1 heterocycles. The predicted octanol–water partition coefficient (Wildman–Crippen LogP) is 1.66. The summed E-state index contributed by atoms with van der Waals surface area (Å²) in [5.74, 6) is 0.820. The molecular weight excluding hydrogens is 196 g/mol. The molecular formula is C10H16N2OS. The third kappa shape index (κ3) is 2.53. The maximum absolute atomic E-state index is 5.72. The molecule has 0 aromatic carbocycles. The molecule has 1 saturated carbocycles. The van der Waals surface area contributed by atoms with Crippen LogP contribution in [0.5, 0.6) is 0 Å². The van der Waals surface area contributed by atoms with Gasteiger partial charge in [-0.05, 0) is 32.4 Å². The molecule has 3 nitrogen and oxygen atoms in total. The number of nitrogens with one attached hydrogen (secondary N) is 1. The van der Waals surface area contributed by atoms with Crippen molar-refractivity contribution in [1.82, 2.24) is 10.3 Å². The van der Waals surface area contributed by atoms with Crippen molar-refractivity contribution in [1.29, 1.82) is 0 Å². The summed E-state index contributed by atoms with van der Waals surface area (Å²) in [7, 11) is 2.00. The van der Waals surface area contributed by atoms with Gasteiger partial charge in [0, 0.05) is 5.38 Å². The Morgan fingerprint density at radius 2 is 2.50 bits per heavy atom. The molecule has 1 N–H and O–H groups in total. The summed E-state index contributed by atoms with van der Waals surface area (Å²) in [6.45, 7) is 1.80. The molecule has 0 atom stereocenters. The minimum absolute atomic E-state index is 0.468. The van der Waals surface area contributed by atoms with E-state index in [0.717, 1.165) is 18.2 Å². The summed E-state index contributed by atoms with van der Waals surface area (Å²) >= 11 is 1.62. The summed E-state index contributed by atoms with van der Waals surface area (Å²) in [4.78, 5) is 4.18. The number of rotatable bonds is 5. The van der Waals surface area contributed by atoms with E-state index in [1.54, 1.807) is 11.3 Å². The van der Waals surface area contributed by atoms with Crippen LogP contribution >= 0.6 is 11.3 Å². The van der Waals surface area contributed by atoms with Crippen molar-refractivity contribution in [2.75, 3.05) is 13.6 Å². The number of hydrogen-bond acceptors (Lipinski definition) is 4. The fraction of sp³-hybridized carbons (Fsp3) is 0.700. The first-order valence-electron chi connectivity index (χ1n) is 5.01. The molecule has 0 radical (unpaired) electrons. The van der Waals surface area contributed by atoms with Crippen molar-refractivity contribution in [3.05, 3.63) is 16.6 Å². The van der Waals surface area contributed by atoms with Crippen molar-refractivity contribution in [3.63, 3.8) is 0 Å². The number of ether oxygens (including phenoxy) is 1. The van der Waals surface area contributed by atoms with E-state index in [9.17, 15) is 0 Å². The second-order valence-electron chi connectivity index (χ2n) is 3.81. The molecule has 0 bridgehead atoms. The molecule has 0 spiro atoms. The highest BCUT2D eigenvalue weighted by atomic mass is 32.1. The number of thiazole rings is 1. The van der Waals surface area contributed by atoms with Crippen molar-refractivity contribution in [2.45, 2.75) is 25.6 Å². The molecule has 1 aromatic rings. The van der Waals surface area contributed by atoms with E-state index < -0.39 is 0 Å². The van der Waals surface area contributed by atoms with E-state index in [1.165, 1.54) is 12.8 Å². The van der Waals surface area contributed by atoms with Crippen LogP contribution in [0, 0.1) is 5.92 Å². The van der Waals surface area contributed by atoms with E-state index >= 15 is 0 Å². The van der Waals surface area contributed by atoms with Gasteiger partial charge in [-0.1, -0.05) is 0 Å². The Kier molecular flexibility index (Phi) is 3.50. The highest BCUT2D eigenvalue weighted by Gasteiger charge is 2.28. The van der Waals surface area contributed by atoms with Crippen molar-refractivity contribution >= 4 is 11.3 Å². The van der Waals surface area contributed by atoms with Gasteiger partial charge in [-0.2, -0.15) is 0 Å². The first-order chi connectivity index (χ1) is 6.88. The Morgan fingerprint density at radius 1 is 1.64 bits per heavy atom. The summed E-state index contributed by atoms with van der Waals surface area (Å²) < 4.78 is 5.72. The third-order valence-electron chi connectivity index (χ3n) is 2.64. The van der Waals surface area contributed by atoms with E-state index in [1.807, 2.05) is 17.9 Å². The highest BCUT2D eigenvalue weighted by molar-refractivity contribution is 7.07. The molecule has 0 saturated heterocycles. The van der Waals surface area contributed by atoms with Gasteiger partial charge in [0.2, 0.25) is 0 Å². The number of aromatic nitrogens is 1. The van der Waals surface area contributed by atoms with Gasteiger partial charge in [0.05, 0.1) is 23.9 Å². The van der Waals surface area contributed by atoms with Crippen LogP contribution in [0.3, 0.4) is 0 Å². The smallest absolute Gasteiger partial charge is 0.0900 e. The predicted molar refractivity (Wildman–Crippen MR) is 57.3 cm³/mol. The lowest BCUT2D eigenvalue weighted by Crippen LogP contribution is -2.36. The fourth-order valence-electron chi connectivity index (χ4n) is 1.78. The van der Waals surface area contributed by atoms with E-state index in [0.29, 0.717) is 12.7 Å². The second-order valence-corrected chi connectivity index (χ2v) is 4.53. The first kappa shape index (κ1) is 10.1. The van der Waals surface area contributed by atoms with Crippen LogP contribution in [0.15, 0.2) is 10.9 Å². The Hall–Kier alpha value is -0.450. The molecule has 1 aliphatic carbocycles. The van der Waals surface area contributed by atoms with Gasteiger partial charge in [0.25, 0.3) is 0 Å². The lowest BCUT2D eigenvalue weighted by Gasteiger charge is -2.34. The Morgan fingerprint density at radius 3 is 3.14 bits per heavy atom. The van der Waals surface area contributed by atoms with Gasteiger partial charge in [-0.15, -0.1) is 11.3 Å². The Balaban J connectivity index is 1.61. The van der Waals surface area contributed by atoms with Gasteiger partial charge < -0.3 is 10.1 Å². The lowest BCUT2D eigenvalue weighted by atomic mass is 9.82. The van der Waals surface area contributed by atoms with Crippen LogP contribution in [0.1, 0.15) is 18.5 Å². The summed E-state index contributed by atoms with van der Waals surface area (Å²) in [6.07, 6.45) is 2.87. The molecule has 2 rings (SSSR count). The van der Waals surface area contributed by atoms with Crippen LogP contribution in [0.25, 0.3) is 0 Å². The standard InChI is InChI=1S/C10H16N2OS/c1-11-4-8-2-10(3-8)13-5-9-6-14-7-12-9/h6-8,10-11H,2-5H2,1H3. The van der Waals surface area contributed by atoms with Gasteiger partial charge in [0.1, 0.15) is 0 Å². The molecule has 1 aromatic heterocycles. The van der Waals surface area contributed by atoms with Gasteiger partial charge in [-0.25, -0.2) is 4.98 Å². The molecule has 14 heavy (non-hydrogen) atoms. The molecule has 0 unspecified atom stereocenters. The van der Waals surface area contributed by atoms with Crippen molar-refractivity contribution in [2.24, 2.45) is 5.92 Å². The minimum Gasteiger partial charge on any atom is -0.372 e. The molecule has 4 heteroatoms. The quantitative estimate of drug-likeness (QED) is 0.806. The van der Waals surface area contributed by atoms with Gasteiger partial charge in [-0.3, -0.25) is 0 Å². The largest absolute Gasteiger partial charge is 0.372 e. The van der Waals surface area contributed by atoms with Crippen molar-refractivity contribution in [3.8, 4) is 0 Å². The van der Waals surface area contributed by atoms with Crippen molar-refractivity contribution < 1.29 is 4.74 Å². The zero-order valence-electron chi connectivity index (χ0n) is 8.40. The SMILES string of the molecule is CNCC1CC(OCc2cscn2)C1. The monoisotopic (exact) mass is 212 g/mol. The summed E-state index contributed by atoms with van der Waals surface area (Å²) in [6, 6.07) is 0. The lowest BCUT2D eigenvalue weighted by molar-refractivity contribution is -0.0401. The first-order valence-corrected chi connectivity index (χ1v) is 5.96. The third-order valence-corrected chi connectivity index (χ3v) is 3.27. The zero-order valence-corrected chi connectivity index (χ0v) is 9.22. The Bertz CT molecular complexity index is 257. The zero-order chi connectivity index (χ0) is 9.80. The molecule has 0 amide bonds. The highest BCUT2D eigenvalue weighted by Crippen LogP contribution is 2.29. The summed E-state index contributed by atoms with van der Waals surface area (Å²) in [5, 5.41) is 5.24. The average Bonchev–Trinajstić information content (AvgIpc) is 2.61. The number of hydrogen-bond donors (Lipinski definition) is 1. The normalized spacial score (nSPS) is 26.1.